The Balaban J connectivity index is 1.85. The van der Waals surface area contributed by atoms with Gasteiger partial charge in [0.15, 0.2) is 0 Å². The van der Waals surface area contributed by atoms with Gasteiger partial charge in [0.2, 0.25) is 0 Å². The third-order valence-corrected chi connectivity index (χ3v) is 4.78. The van der Waals surface area contributed by atoms with E-state index in [4.69, 9.17) is 5.73 Å². The second kappa shape index (κ2) is 6.20. The molecule has 3 rings (SSSR count). The van der Waals surface area contributed by atoms with Crippen molar-refractivity contribution < 1.29 is 0 Å². The Morgan fingerprint density at radius 2 is 1.95 bits per heavy atom. The van der Waals surface area contributed by atoms with Gasteiger partial charge in [0, 0.05) is 35.2 Å². The molecule has 0 aromatic heterocycles. The summed E-state index contributed by atoms with van der Waals surface area (Å²) in [4.78, 5) is 2.47. The van der Waals surface area contributed by atoms with Gasteiger partial charge < -0.3 is 10.6 Å². The minimum absolute atomic E-state index is 0.0591. The Labute approximate surface area is 135 Å². The van der Waals surface area contributed by atoms with E-state index in [1.54, 1.807) is 0 Å². The second-order valence-electron chi connectivity index (χ2n) is 5.83. The lowest BCUT2D eigenvalue weighted by atomic mass is 9.99. The van der Waals surface area contributed by atoms with E-state index in [-0.39, 0.29) is 6.04 Å². The van der Waals surface area contributed by atoms with Crippen LogP contribution in [0, 0.1) is 0 Å². The lowest BCUT2D eigenvalue weighted by molar-refractivity contribution is 0.772. The summed E-state index contributed by atoms with van der Waals surface area (Å²) < 4.78 is 1.12. The monoisotopic (exact) mass is 344 g/mol. The van der Waals surface area contributed by atoms with Crippen molar-refractivity contribution in [2.24, 2.45) is 5.73 Å². The SMILES string of the molecule is CC(N)c1ccc(Br)cc1N1CCC(c2ccccc2)C1. The largest absolute Gasteiger partial charge is 0.371 e. The molecular formula is C18H21BrN2. The number of rotatable bonds is 3. The minimum Gasteiger partial charge on any atom is -0.371 e. The van der Waals surface area contributed by atoms with E-state index < -0.39 is 0 Å². The Bertz CT molecular complexity index is 610. The fourth-order valence-corrected chi connectivity index (χ4v) is 3.50. The zero-order chi connectivity index (χ0) is 14.8. The van der Waals surface area contributed by atoms with Gasteiger partial charge in [-0.25, -0.2) is 0 Å². The highest BCUT2D eigenvalue weighted by molar-refractivity contribution is 9.10. The van der Waals surface area contributed by atoms with Crippen LogP contribution in [-0.2, 0) is 0 Å². The molecule has 3 heteroatoms. The van der Waals surface area contributed by atoms with Crippen molar-refractivity contribution in [2.45, 2.75) is 25.3 Å². The predicted octanol–water partition coefficient (Wildman–Crippen LogP) is 4.46. The Morgan fingerprint density at radius 3 is 2.67 bits per heavy atom. The number of hydrogen-bond donors (Lipinski definition) is 1. The molecule has 21 heavy (non-hydrogen) atoms. The second-order valence-corrected chi connectivity index (χ2v) is 6.75. The van der Waals surface area contributed by atoms with Crippen LogP contribution >= 0.6 is 15.9 Å². The van der Waals surface area contributed by atoms with Gasteiger partial charge in [-0.15, -0.1) is 0 Å². The van der Waals surface area contributed by atoms with Crippen LogP contribution in [0.5, 0.6) is 0 Å². The summed E-state index contributed by atoms with van der Waals surface area (Å²) in [6.45, 7) is 4.22. The molecule has 1 heterocycles. The Hall–Kier alpha value is -1.32. The number of halogens is 1. The van der Waals surface area contributed by atoms with Crippen LogP contribution < -0.4 is 10.6 Å². The van der Waals surface area contributed by atoms with E-state index in [9.17, 15) is 0 Å². The van der Waals surface area contributed by atoms with Crippen molar-refractivity contribution in [3.05, 3.63) is 64.1 Å². The van der Waals surface area contributed by atoms with E-state index >= 15 is 0 Å². The van der Waals surface area contributed by atoms with E-state index in [1.165, 1.54) is 23.2 Å². The molecule has 110 valence electrons. The summed E-state index contributed by atoms with van der Waals surface area (Å²) >= 11 is 3.59. The lowest BCUT2D eigenvalue weighted by Gasteiger charge is -2.24. The average molecular weight is 345 g/mol. The molecule has 2 atom stereocenters. The molecule has 0 radical (unpaired) electrons. The highest BCUT2D eigenvalue weighted by Gasteiger charge is 2.26. The molecule has 1 fully saturated rings. The van der Waals surface area contributed by atoms with Crippen LogP contribution in [0.3, 0.4) is 0 Å². The Kier molecular flexibility index (Phi) is 4.32. The molecule has 1 saturated heterocycles. The lowest BCUT2D eigenvalue weighted by Crippen LogP contribution is -2.22. The summed E-state index contributed by atoms with van der Waals surface area (Å²) in [6, 6.07) is 17.3. The molecular weight excluding hydrogens is 324 g/mol. The molecule has 0 amide bonds. The van der Waals surface area contributed by atoms with Gasteiger partial charge in [0.25, 0.3) is 0 Å². The van der Waals surface area contributed by atoms with Crippen LogP contribution in [-0.4, -0.2) is 13.1 Å². The molecule has 0 aliphatic carbocycles. The van der Waals surface area contributed by atoms with Gasteiger partial charge in [-0.05, 0) is 36.6 Å². The standard InChI is InChI=1S/C18H21BrN2/c1-13(20)17-8-7-16(19)11-18(17)21-10-9-15(12-21)14-5-3-2-4-6-14/h2-8,11,13,15H,9-10,12,20H2,1H3. The number of nitrogens with zero attached hydrogens (tertiary/aromatic N) is 1. The van der Waals surface area contributed by atoms with Crippen molar-refractivity contribution in [1.82, 2.24) is 0 Å². The van der Waals surface area contributed by atoms with Gasteiger partial charge in [-0.3, -0.25) is 0 Å². The van der Waals surface area contributed by atoms with Crippen LogP contribution in [0.25, 0.3) is 0 Å². The summed E-state index contributed by atoms with van der Waals surface area (Å²) in [7, 11) is 0. The van der Waals surface area contributed by atoms with Crippen molar-refractivity contribution in [2.75, 3.05) is 18.0 Å². The average Bonchev–Trinajstić information content (AvgIpc) is 2.97. The normalized spacial score (nSPS) is 19.8. The maximum atomic E-state index is 6.14. The molecule has 1 aliphatic heterocycles. The molecule has 0 saturated carbocycles. The highest BCUT2D eigenvalue weighted by Crippen LogP contribution is 2.35. The third kappa shape index (κ3) is 3.14. The van der Waals surface area contributed by atoms with Gasteiger partial charge in [-0.2, -0.15) is 0 Å². The summed E-state index contributed by atoms with van der Waals surface area (Å²) in [5.41, 5.74) is 10.1. The first-order valence-corrected chi connectivity index (χ1v) is 8.29. The third-order valence-electron chi connectivity index (χ3n) is 4.28. The van der Waals surface area contributed by atoms with Crippen LogP contribution in [0.15, 0.2) is 53.0 Å². The predicted molar refractivity (Wildman–Crippen MR) is 92.8 cm³/mol. The number of anilines is 1. The van der Waals surface area contributed by atoms with Crippen molar-refractivity contribution in [1.29, 1.82) is 0 Å². The number of benzene rings is 2. The van der Waals surface area contributed by atoms with Gasteiger partial charge in [0.1, 0.15) is 0 Å². The first kappa shape index (κ1) is 14.6. The number of nitrogens with two attached hydrogens (primary N) is 1. The highest BCUT2D eigenvalue weighted by atomic mass is 79.9. The van der Waals surface area contributed by atoms with Crippen LogP contribution in [0.1, 0.15) is 36.4 Å². The molecule has 0 bridgehead atoms. The maximum absolute atomic E-state index is 6.14. The molecule has 2 N–H and O–H groups in total. The van der Waals surface area contributed by atoms with Gasteiger partial charge >= 0.3 is 0 Å². The Morgan fingerprint density at radius 1 is 1.19 bits per heavy atom. The quantitative estimate of drug-likeness (QED) is 0.890. The maximum Gasteiger partial charge on any atom is 0.0426 e. The number of hydrogen-bond acceptors (Lipinski definition) is 2. The van der Waals surface area contributed by atoms with Crippen LogP contribution in [0.2, 0.25) is 0 Å². The summed E-state index contributed by atoms with van der Waals surface area (Å²) in [5, 5.41) is 0. The summed E-state index contributed by atoms with van der Waals surface area (Å²) in [6.07, 6.45) is 1.20. The zero-order valence-corrected chi connectivity index (χ0v) is 13.9. The van der Waals surface area contributed by atoms with Crippen molar-refractivity contribution in [3.63, 3.8) is 0 Å². The molecule has 2 aromatic carbocycles. The topological polar surface area (TPSA) is 29.3 Å². The van der Waals surface area contributed by atoms with Crippen molar-refractivity contribution >= 4 is 21.6 Å². The first-order chi connectivity index (χ1) is 10.1. The van der Waals surface area contributed by atoms with E-state index in [0.717, 1.165) is 17.6 Å². The van der Waals surface area contributed by atoms with E-state index in [2.05, 4.69) is 76.3 Å². The molecule has 2 nitrogen and oxygen atoms in total. The molecule has 2 unspecified atom stereocenters. The van der Waals surface area contributed by atoms with Crippen LogP contribution in [0.4, 0.5) is 5.69 Å². The first-order valence-electron chi connectivity index (χ1n) is 7.50. The van der Waals surface area contributed by atoms with Gasteiger partial charge in [0.05, 0.1) is 0 Å². The van der Waals surface area contributed by atoms with Crippen molar-refractivity contribution in [3.8, 4) is 0 Å². The smallest absolute Gasteiger partial charge is 0.0426 e. The van der Waals surface area contributed by atoms with Gasteiger partial charge in [-0.1, -0.05) is 52.3 Å². The van der Waals surface area contributed by atoms with E-state index in [0.29, 0.717) is 5.92 Å². The fraction of sp³-hybridized carbons (Fsp3) is 0.333. The zero-order valence-electron chi connectivity index (χ0n) is 12.3. The molecule has 0 spiro atoms. The fourth-order valence-electron chi connectivity index (χ4n) is 3.15. The van der Waals surface area contributed by atoms with E-state index in [1.807, 2.05) is 0 Å². The molecule has 2 aromatic rings. The summed E-state index contributed by atoms with van der Waals surface area (Å²) in [5.74, 6) is 0.617. The minimum atomic E-state index is 0.0591. The molecule has 1 aliphatic rings.